The molecule has 5 nitrogen and oxygen atoms in total. The number of benzene rings is 1. The van der Waals surface area contributed by atoms with Gasteiger partial charge in [-0.2, -0.15) is 13.2 Å². The van der Waals surface area contributed by atoms with Gasteiger partial charge in [-0.3, -0.25) is 4.90 Å². The van der Waals surface area contributed by atoms with Crippen molar-refractivity contribution < 1.29 is 27.8 Å². The van der Waals surface area contributed by atoms with Gasteiger partial charge >= 0.3 is 12.1 Å². The summed E-state index contributed by atoms with van der Waals surface area (Å²) < 4.78 is 44.2. The van der Waals surface area contributed by atoms with Gasteiger partial charge in [0.15, 0.2) is 6.61 Å². The third-order valence-corrected chi connectivity index (χ3v) is 5.38. The molecule has 2 N–H and O–H groups in total. The number of likely N-dealkylation sites (tertiary alicyclic amines) is 1. The molecule has 0 atom stereocenters. The number of aliphatic carboxylic acids is 1. The summed E-state index contributed by atoms with van der Waals surface area (Å²) in [6.07, 6.45) is -0.325. The summed E-state index contributed by atoms with van der Waals surface area (Å²) in [7, 11) is 0. The first-order valence-electron chi connectivity index (χ1n) is 8.81. The highest BCUT2D eigenvalue weighted by Gasteiger charge is 2.41. The van der Waals surface area contributed by atoms with Gasteiger partial charge in [0.25, 0.3) is 0 Å². The number of hydrogen-bond donors (Lipinski definition) is 2. The van der Waals surface area contributed by atoms with E-state index < -0.39 is 24.3 Å². The summed E-state index contributed by atoms with van der Waals surface area (Å²) in [6.45, 7) is 2.56. The van der Waals surface area contributed by atoms with E-state index in [4.69, 9.17) is 9.84 Å². The van der Waals surface area contributed by atoms with Crippen LogP contribution in [0.4, 0.5) is 13.2 Å². The summed E-state index contributed by atoms with van der Waals surface area (Å²) in [4.78, 5) is 13.1. The second-order valence-corrected chi connectivity index (χ2v) is 7.00. The van der Waals surface area contributed by atoms with E-state index in [2.05, 4.69) is 10.2 Å². The molecular weight excluding hydrogens is 349 g/mol. The molecule has 26 heavy (non-hydrogen) atoms. The molecule has 0 aromatic heterocycles. The molecule has 144 valence electrons. The van der Waals surface area contributed by atoms with Gasteiger partial charge in [-0.05, 0) is 57.5 Å². The Bertz CT molecular complexity index is 658. The van der Waals surface area contributed by atoms with E-state index in [1.165, 1.54) is 6.07 Å². The summed E-state index contributed by atoms with van der Waals surface area (Å²) in [5, 5.41) is 12.2. The third kappa shape index (κ3) is 4.12. The Balaban J connectivity index is 1.84. The standard InChI is InChI=1S/C18H23F3N2O3/c19-18(20,21)14-3-2-13(15(10-14)26-12-16(24)25)11-23-9-1-4-17(23)5-7-22-8-6-17/h2-3,10,22H,1,4-9,11-12H2,(H,24,25). The Morgan fingerprint density at radius 3 is 2.65 bits per heavy atom. The highest BCUT2D eigenvalue weighted by molar-refractivity contribution is 5.68. The van der Waals surface area contributed by atoms with Crippen molar-refractivity contribution in [3.05, 3.63) is 29.3 Å². The van der Waals surface area contributed by atoms with Crippen LogP contribution in [0, 0.1) is 0 Å². The van der Waals surface area contributed by atoms with Gasteiger partial charge in [0, 0.05) is 17.6 Å². The molecule has 2 aliphatic rings. The van der Waals surface area contributed by atoms with Crippen LogP contribution in [-0.4, -0.2) is 47.8 Å². The molecule has 0 bridgehead atoms. The molecule has 3 rings (SSSR count). The number of halogens is 3. The SMILES string of the molecule is O=C(O)COc1cc(C(F)(F)F)ccc1CN1CCCC12CCNCC2. The number of hydrogen-bond acceptors (Lipinski definition) is 4. The number of nitrogens with zero attached hydrogens (tertiary/aromatic N) is 1. The lowest BCUT2D eigenvalue weighted by atomic mass is 9.85. The zero-order valence-electron chi connectivity index (χ0n) is 14.4. The molecular formula is C18H23F3N2O3. The third-order valence-electron chi connectivity index (χ3n) is 5.38. The second kappa shape index (κ2) is 7.44. The van der Waals surface area contributed by atoms with Crippen molar-refractivity contribution in [1.29, 1.82) is 0 Å². The monoisotopic (exact) mass is 372 g/mol. The maximum atomic E-state index is 13.0. The summed E-state index contributed by atoms with van der Waals surface area (Å²) >= 11 is 0. The Labute approximate surface area is 150 Å². The number of carbonyl (C=O) groups is 1. The normalized spacial score (nSPS) is 20.4. The predicted molar refractivity (Wildman–Crippen MR) is 89.1 cm³/mol. The average molecular weight is 372 g/mol. The lowest BCUT2D eigenvalue weighted by molar-refractivity contribution is -0.139. The van der Waals surface area contributed by atoms with Gasteiger partial charge in [0.2, 0.25) is 0 Å². The molecule has 0 aliphatic carbocycles. The molecule has 0 amide bonds. The van der Waals surface area contributed by atoms with Crippen molar-refractivity contribution in [2.45, 2.75) is 43.9 Å². The van der Waals surface area contributed by atoms with Crippen LogP contribution < -0.4 is 10.1 Å². The largest absolute Gasteiger partial charge is 0.482 e. The van der Waals surface area contributed by atoms with Crippen LogP contribution in [0.15, 0.2) is 18.2 Å². The van der Waals surface area contributed by atoms with Crippen LogP contribution in [0.25, 0.3) is 0 Å². The maximum absolute atomic E-state index is 13.0. The highest BCUT2D eigenvalue weighted by Crippen LogP contribution is 2.40. The lowest BCUT2D eigenvalue weighted by Gasteiger charge is -2.42. The fraction of sp³-hybridized carbons (Fsp3) is 0.611. The smallest absolute Gasteiger partial charge is 0.416 e. The maximum Gasteiger partial charge on any atom is 0.416 e. The fourth-order valence-electron chi connectivity index (χ4n) is 4.04. The van der Waals surface area contributed by atoms with Crippen molar-refractivity contribution in [2.24, 2.45) is 0 Å². The van der Waals surface area contributed by atoms with Crippen LogP contribution in [0.5, 0.6) is 5.75 Å². The van der Waals surface area contributed by atoms with E-state index >= 15 is 0 Å². The highest BCUT2D eigenvalue weighted by atomic mass is 19.4. The second-order valence-electron chi connectivity index (χ2n) is 7.00. The zero-order chi connectivity index (χ0) is 18.8. The first-order chi connectivity index (χ1) is 12.3. The number of carboxylic acid groups (broad SMARTS) is 1. The Kier molecular flexibility index (Phi) is 5.43. The van der Waals surface area contributed by atoms with E-state index in [1.54, 1.807) is 0 Å². The number of piperidine rings is 1. The molecule has 1 aromatic carbocycles. The molecule has 8 heteroatoms. The topological polar surface area (TPSA) is 61.8 Å². The number of rotatable bonds is 5. The van der Waals surface area contributed by atoms with E-state index in [-0.39, 0.29) is 11.3 Å². The van der Waals surface area contributed by atoms with Crippen molar-refractivity contribution in [2.75, 3.05) is 26.2 Å². The van der Waals surface area contributed by atoms with E-state index in [9.17, 15) is 18.0 Å². The molecule has 2 aliphatic heterocycles. The van der Waals surface area contributed by atoms with Crippen molar-refractivity contribution in [3.8, 4) is 5.75 Å². The Morgan fingerprint density at radius 1 is 1.27 bits per heavy atom. The minimum absolute atomic E-state index is 0.00166. The van der Waals surface area contributed by atoms with E-state index in [0.717, 1.165) is 57.5 Å². The van der Waals surface area contributed by atoms with Crippen LogP contribution in [-0.2, 0) is 17.5 Å². The quantitative estimate of drug-likeness (QED) is 0.832. The molecule has 0 unspecified atom stereocenters. The number of ether oxygens (including phenoxy) is 1. The summed E-state index contributed by atoms with van der Waals surface area (Å²) in [5.74, 6) is -1.22. The van der Waals surface area contributed by atoms with Crippen molar-refractivity contribution in [3.63, 3.8) is 0 Å². The van der Waals surface area contributed by atoms with Crippen molar-refractivity contribution >= 4 is 5.97 Å². The van der Waals surface area contributed by atoms with Gasteiger partial charge in [0.1, 0.15) is 5.75 Å². The van der Waals surface area contributed by atoms with E-state index in [0.29, 0.717) is 12.1 Å². The summed E-state index contributed by atoms with van der Waals surface area (Å²) in [5.41, 5.74) is -0.156. The minimum Gasteiger partial charge on any atom is -0.482 e. The van der Waals surface area contributed by atoms with Gasteiger partial charge < -0.3 is 15.2 Å². The van der Waals surface area contributed by atoms with Crippen LogP contribution in [0.3, 0.4) is 0 Å². The molecule has 2 heterocycles. The zero-order valence-corrected chi connectivity index (χ0v) is 14.4. The molecule has 1 aromatic rings. The fourth-order valence-corrected chi connectivity index (χ4v) is 4.04. The van der Waals surface area contributed by atoms with Crippen LogP contribution in [0.1, 0.15) is 36.8 Å². The summed E-state index contributed by atoms with van der Waals surface area (Å²) in [6, 6.07) is 3.35. The van der Waals surface area contributed by atoms with Gasteiger partial charge in [-0.15, -0.1) is 0 Å². The number of nitrogens with one attached hydrogen (secondary N) is 1. The number of alkyl halides is 3. The average Bonchev–Trinajstić information content (AvgIpc) is 2.95. The Morgan fingerprint density at radius 2 is 2.00 bits per heavy atom. The molecule has 0 saturated carbocycles. The number of carboxylic acids is 1. The van der Waals surface area contributed by atoms with Gasteiger partial charge in [0.05, 0.1) is 5.56 Å². The first kappa shape index (κ1) is 19.0. The first-order valence-corrected chi connectivity index (χ1v) is 8.81. The minimum atomic E-state index is -4.50. The van der Waals surface area contributed by atoms with Gasteiger partial charge in [-0.25, -0.2) is 4.79 Å². The molecule has 2 saturated heterocycles. The van der Waals surface area contributed by atoms with Crippen LogP contribution in [0.2, 0.25) is 0 Å². The van der Waals surface area contributed by atoms with Crippen LogP contribution >= 0.6 is 0 Å². The lowest BCUT2D eigenvalue weighted by Crippen LogP contribution is -2.50. The Hall–Kier alpha value is -1.80. The molecule has 1 spiro atoms. The van der Waals surface area contributed by atoms with Crippen molar-refractivity contribution in [1.82, 2.24) is 10.2 Å². The molecule has 2 fully saturated rings. The van der Waals surface area contributed by atoms with Gasteiger partial charge in [-0.1, -0.05) is 6.07 Å². The predicted octanol–water partition coefficient (Wildman–Crippen LogP) is 2.89. The molecule has 0 radical (unpaired) electrons. The van der Waals surface area contributed by atoms with E-state index in [1.807, 2.05) is 0 Å².